The summed E-state index contributed by atoms with van der Waals surface area (Å²) < 4.78 is 35.3. The Bertz CT molecular complexity index is 86.3. The maximum atomic E-state index is 11.8. The summed E-state index contributed by atoms with van der Waals surface area (Å²) in [6.45, 7) is 7.12. The Labute approximate surface area is 73.2 Å². The predicted molar refractivity (Wildman–Crippen MR) is 46.1 cm³/mol. The van der Waals surface area contributed by atoms with E-state index in [9.17, 15) is 13.2 Å². The molecule has 0 radical (unpaired) electrons. The van der Waals surface area contributed by atoms with E-state index in [2.05, 4.69) is 0 Å². The van der Waals surface area contributed by atoms with Crippen LogP contribution in [0.15, 0.2) is 0 Å². The molecule has 0 aromatic carbocycles. The minimum absolute atomic E-state index is 0.264. The van der Waals surface area contributed by atoms with Crippen molar-refractivity contribution in [2.75, 3.05) is 0 Å². The van der Waals surface area contributed by atoms with Crippen LogP contribution in [0.2, 0.25) is 0 Å². The van der Waals surface area contributed by atoms with Gasteiger partial charge in [0, 0.05) is 0 Å². The predicted octanol–water partition coefficient (Wildman–Crippen LogP) is 4.40. The third-order valence-corrected chi connectivity index (χ3v) is 1.55. The third-order valence-electron chi connectivity index (χ3n) is 1.55. The first-order valence-corrected chi connectivity index (χ1v) is 4.55. The SMILES string of the molecule is CC.CCCCC(C)C(F)(F)F. The highest BCUT2D eigenvalue weighted by molar-refractivity contribution is 4.61. The number of alkyl halides is 3. The third kappa shape index (κ3) is 7.89. The first-order chi connectivity index (χ1) is 5.48. The van der Waals surface area contributed by atoms with E-state index in [1.807, 2.05) is 20.8 Å². The van der Waals surface area contributed by atoms with Crippen LogP contribution in [0, 0.1) is 5.92 Å². The molecule has 0 N–H and O–H groups in total. The van der Waals surface area contributed by atoms with Crippen LogP contribution < -0.4 is 0 Å². The lowest BCUT2D eigenvalue weighted by Crippen LogP contribution is -2.19. The number of unbranched alkanes of at least 4 members (excludes halogenated alkanes) is 1. The van der Waals surface area contributed by atoms with Gasteiger partial charge in [-0.3, -0.25) is 0 Å². The van der Waals surface area contributed by atoms with Crippen molar-refractivity contribution in [1.82, 2.24) is 0 Å². The summed E-state index contributed by atoms with van der Waals surface area (Å²) >= 11 is 0. The molecule has 1 atom stereocenters. The van der Waals surface area contributed by atoms with Gasteiger partial charge in [0.05, 0.1) is 5.92 Å². The molecule has 0 rings (SSSR count). The quantitative estimate of drug-likeness (QED) is 0.609. The van der Waals surface area contributed by atoms with Gasteiger partial charge in [0.25, 0.3) is 0 Å². The summed E-state index contributed by atoms with van der Waals surface area (Å²) in [4.78, 5) is 0. The average Bonchev–Trinajstić information content (AvgIpc) is 2.02. The summed E-state index contributed by atoms with van der Waals surface area (Å²) in [6, 6.07) is 0. The molecule has 0 aliphatic heterocycles. The second kappa shape index (κ2) is 7.44. The Morgan fingerprint density at radius 3 is 1.83 bits per heavy atom. The summed E-state index contributed by atoms with van der Waals surface area (Å²) in [6.07, 6.45) is -2.23. The molecule has 12 heavy (non-hydrogen) atoms. The van der Waals surface area contributed by atoms with Crippen LogP contribution in [0.4, 0.5) is 13.2 Å². The molecular weight excluding hydrogens is 165 g/mol. The van der Waals surface area contributed by atoms with E-state index < -0.39 is 12.1 Å². The molecule has 0 fully saturated rings. The summed E-state index contributed by atoms with van der Waals surface area (Å²) in [5.74, 6) is -1.13. The molecule has 1 unspecified atom stereocenters. The van der Waals surface area contributed by atoms with Crippen LogP contribution in [0.1, 0.15) is 47.0 Å². The summed E-state index contributed by atoms with van der Waals surface area (Å²) in [7, 11) is 0. The standard InChI is InChI=1S/C7H13F3.C2H6/c1-3-4-5-6(2)7(8,9)10;1-2/h6H,3-5H2,1-2H3;1-2H3. The van der Waals surface area contributed by atoms with Gasteiger partial charge in [-0.05, 0) is 6.42 Å². The van der Waals surface area contributed by atoms with Gasteiger partial charge in [-0.15, -0.1) is 0 Å². The maximum absolute atomic E-state index is 11.8. The zero-order valence-corrected chi connectivity index (χ0v) is 8.33. The van der Waals surface area contributed by atoms with Crippen molar-refractivity contribution < 1.29 is 13.2 Å². The molecule has 0 aliphatic carbocycles. The van der Waals surface area contributed by atoms with E-state index >= 15 is 0 Å². The monoisotopic (exact) mass is 184 g/mol. The van der Waals surface area contributed by atoms with Gasteiger partial charge in [-0.25, -0.2) is 0 Å². The minimum atomic E-state index is -3.99. The van der Waals surface area contributed by atoms with Gasteiger partial charge in [-0.2, -0.15) is 13.2 Å². The zero-order chi connectivity index (χ0) is 10.2. The molecule has 0 aromatic rings. The van der Waals surface area contributed by atoms with Crippen LogP contribution >= 0.6 is 0 Å². The number of rotatable bonds is 3. The van der Waals surface area contributed by atoms with E-state index in [4.69, 9.17) is 0 Å². The Kier molecular flexibility index (Phi) is 8.88. The number of hydrogen-bond acceptors (Lipinski definition) is 0. The van der Waals surface area contributed by atoms with Crippen LogP contribution in [0.25, 0.3) is 0 Å². The van der Waals surface area contributed by atoms with Crippen LogP contribution in [-0.2, 0) is 0 Å². The first-order valence-electron chi connectivity index (χ1n) is 4.55. The highest BCUT2D eigenvalue weighted by Gasteiger charge is 2.34. The first kappa shape index (κ1) is 14.3. The molecule has 0 spiro atoms. The lowest BCUT2D eigenvalue weighted by atomic mass is 10.0. The van der Waals surface area contributed by atoms with Crippen molar-refractivity contribution in [1.29, 1.82) is 0 Å². The minimum Gasteiger partial charge on any atom is -0.171 e. The lowest BCUT2D eigenvalue weighted by molar-refractivity contribution is -0.171. The van der Waals surface area contributed by atoms with Gasteiger partial charge in [0.2, 0.25) is 0 Å². The van der Waals surface area contributed by atoms with Crippen LogP contribution in [0.5, 0.6) is 0 Å². The van der Waals surface area contributed by atoms with Crippen molar-refractivity contribution in [2.45, 2.75) is 53.1 Å². The molecule has 0 saturated carbocycles. The highest BCUT2D eigenvalue weighted by atomic mass is 19.4. The highest BCUT2D eigenvalue weighted by Crippen LogP contribution is 2.29. The molecule has 0 aliphatic rings. The maximum Gasteiger partial charge on any atom is 0.391 e. The molecule has 76 valence electrons. The van der Waals surface area contributed by atoms with Crippen LogP contribution in [-0.4, -0.2) is 6.18 Å². The molecule has 0 amide bonds. The molecule has 0 aromatic heterocycles. The van der Waals surface area contributed by atoms with Crippen molar-refractivity contribution in [3.63, 3.8) is 0 Å². The van der Waals surface area contributed by atoms with Crippen molar-refractivity contribution in [2.24, 2.45) is 5.92 Å². The smallest absolute Gasteiger partial charge is 0.171 e. The van der Waals surface area contributed by atoms with E-state index in [0.29, 0.717) is 6.42 Å². The second-order valence-electron chi connectivity index (χ2n) is 2.58. The summed E-state index contributed by atoms with van der Waals surface area (Å²) in [5.41, 5.74) is 0. The largest absolute Gasteiger partial charge is 0.391 e. The van der Waals surface area contributed by atoms with Gasteiger partial charge in [0.1, 0.15) is 0 Å². The van der Waals surface area contributed by atoms with E-state index in [-0.39, 0.29) is 6.42 Å². The van der Waals surface area contributed by atoms with Crippen LogP contribution in [0.3, 0.4) is 0 Å². The van der Waals surface area contributed by atoms with Gasteiger partial charge in [0.15, 0.2) is 0 Å². The summed E-state index contributed by atoms with van der Waals surface area (Å²) in [5, 5.41) is 0. The fourth-order valence-corrected chi connectivity index (χ4v) is 0.674. The molecule has 0 saturated heterocycles. The van der Waals surface area contributed by atoms with E-state index in [0.717, 1.165) is 6.42 Å². The van der Waals surface area contributed by atoms with E-state index in [1.54, 1.807) is 0 Å². The van der Waals surface area contributed by atoms with Gasteiger partial charge in [-0.1, -0.05) is 40.5 Å². The Hall–Kier alpha value is -0.210. The normalized spacial score (nSPS) is 13.2. The topological polar surface area (TPSA) is 0 Å². The molecular formula is C9H19F3. The van der Waals surface area contributed by atoms with Gasteiger partial charge < -0.3 is 0 Å². The Morgan fingerprint density at radius 1 is 1.17 bits per heavy atom. The zero-order valence-electron chi connectivity index (χ0n) is 8.33. The second-order valence-corrected chi connectivity index (χ2v) is 2.58. The number of halogens is 3. The van der Waals surface area contributed by atoms with E-state index in [1.165, 1.54) is 6.92 Å². The molecule has 0 nitrogen and oxygen atoms in total. The Balaban J connectivity index is 0. The average molecular weight is 184 g/mol. The fourth-order valence-electron chi connectivity index (χ4n) is 0.674. The number of hydrogen-bond donors (Lipinski definition) is 0. The molecule has 3 heteroatoms. The van der Waals surface area contributed by atoms with Crippen molar-refractivity contribution in [3.8, 4) is 0 Å². The van der Waals surface area contributed by atoms with Crippen molar-refractivity contribution in [3.05, 3.63) is 0 Å². The fraction of sp³-hybridized carbons (Fsp3) is 1.00. The van der Waals surface area contributed by atoms with Gasteiger partial charge >= 0.3 is 6.18 Å². The Morgan fingerprint density at radius 2 is 1.58 bits per heavy atom. The van der Waals surface area contributed by atoms with Crippen molar-refractivity contribution >= 4 is 0 Å². The molecule has 0 bridgehead atoms. The lowest BCUT2D eigenvalue weighted by Gasteiger charge is -2.14. The molecule has 0 heterocycles.